The number of carboxylic acid groups (broad SMARTS) is 1. The zero-order valence-electron chi connectivity index (χ0n) is 12.8. The van der Waals surface area contributed by atoms with Crippen molar-refractivity contribution in [2.45, 2.75) is 6.18 Å². The second-order valence-electron chi connectivity index (χ2n) is 5.01. The van der Waals surface area contributed by atoms with Gasteiger partial charge in [-0.3, -0.25) is 0 Å². The number of carboxylic acids is 1. The fourth-order valence-corrected chi connectivity index (χ4v) is 2.22. The summed E-state index contributed by atoms with van der Waals surface area (Å²) in [7, 11) is 0. The molecule has 2 aromatic rings. The maximum atomic E-state index is 12.7. The Bertz CT molecular complexity index is 873. The minimum Gasteiger partial charge on any atom is -0.478 e. The number of aliphatic carboxylic acids is 1. The Morgan fingerprint density at radius 3 is 2.28 bits per heavy atom. The average molecular weight is 343 g/mol. The van der Waals surface area contributed by atoms with Crippen LogP contribution in [0.15, 0.2) is 66.8 Å². The van der Waals surface area contributed by atoms with Gasteiger partial charge < -0.3 is 5.11 Å². The van der Waals surface area contributed by atoms with E-state index in [1.54, 1.807) is 24.3 Å². The third kappa shape index (κ3) is 4.58. The number of halogens is 3. The van der Waals surface area contributed by atoms with Crippen molar-refractivity contribution in [1.82, 2.24) is 0 Å². The first-order valence-electron chi connectivity index (χ1n) is 7.11. The fraction of sp³-hybridized carbons (Fsp3) is 0.0526. The third-order valence-corrected chi connectivity index (χ3v) is 3.36. The van der Waals surface area contributed by atoms with Gasteiger partial charge in [0.2, 0.25) is 0 Å². The molecule has 0 aromatic heterocycles. The molecule has 3 nitrogen and oxygen atoms in total. The van der Waals surface area contributed by atoms with E-state index in [9.17, 15) is 23.2 Å². The van der Waals surface area contributed by atoms with Gasteiger partial charge in [-0.2, -0.15) is 18.4 Å². The van der Waals surface area contributed by atoms with E-state index in [-0.39, 0.29) is 0 Å². The number of rotatable bonds is 4. The lowest BCUT2D eigenvalue weighted by Crippen LogP contribution is -2.04. The second kappa shape index (κ2) is 7.49. The molecule has 126 valence electrons. The molecule has 0 saturated carbocycles. The average Bonchev–Trinajstić information content (AvgIpc) is 2.58. The molecule has 0 unspecified atom stereocenters. The van der Waals surface area contributed by atoms with Gasteiger partial charge in [0.05, 0.1) is 17.2 Å². The van der Waals surface area contributed by atoms with Crippen molar-refractivity contribution in [3.8, 4) is 6.07 Å². The third-order valence-electron chi connectivity index (χ3n) is 3.36. The SMILES string of the molecule is N#Cc1ccccc1/C(=C/C=C/C(=O)O)c1ccc(C(F)(F)F)cc1. The van der Waals surface area contributed by atoms with E-state index in [0.29, 0.717) is 22.3 Å². The Morgan fingerprint density at radius 1 is 1.08 bits per heavy atom. The van der Waals surface area contributed by atoms with Gasteiger partial charge in [0.25, 0.3) is 0 Å². The molecular weight excluding hydrogens is 331 g/mol. The van der Waals surface area contributed by atoms with Crippen molar-refractivity contribution in [2.24, 2.45) is 0 Å². The standard InChI is InChI=1S/C19H12F3NO2/c20-19(21,22)15-10-8-13(9-11-15)16(6-3-7-18(24)25)17-5-2-1-4-14(17)12-23/h1-11H,(H,24,25)/b7-3+,16-6+. The molecule has 0 atom stereocenters. The largest absolute Gasteiger partial charge is 0.478 e. The van der Waals surface area contributed by atoms with Crippen LogP contribution in [0, 0.1) is 11.3 Å². The molecule has 2 aromatic carbocycles. The normalized spacial score (nSPS) is 12.2. The second-order valence-corrected chi connectivity index (χ2v) is 5.01. The Labute approximate surface area is 142 Å². The number of hydrogen-bond acceptors (Lipinski definition) is 2. The smallest absolute Gasteiger partial charge is 0.416 e. The first kappa shape index (κ1) is 18.0. The number of alkyl halides is 3. The summed E-state index contributed by atoms with van der Waals surface area (Å²) in [5, 5.41) is 17.9. The summed E-state index contributed by atoms with van der Waals surface area (Å²) in [4.78, 5) is 10.6. The lowest BCUT2D eigenvalue weighted by atomic mass is 9.93. The summed E-state index contributed by atoms with van der Waals surface area (Å²) >= 11 is 0. The quantitative estimate of drug-likeness (QED) is 0.649. The molecule has 0 fully saturated rings. The number of nitriles is 1. The van der Waals surface area contributed by atoms with Crippen LogP contribution < -0.4 is 0 Å². The molecule has 0 radical (unpaired) electrons. The lowest BCUT2D eigenvalue weighted by molar-refractivity contribution is -0.137. The first-order chi connectivity index (χ1) is 11.8. The topological polar surface area (TPSA) is 61.1 Å². The molecule has 0 aliphatic carbocycles. The van der Waals surface area contributed by atoms with E-state index in [2.05, 4.69) is 0 Å². The Morgan fingerprint density at radius 2 is 1.72 bits per heavy atom. The van der Waals surface area contributed by atoms with Crippen LogP contribution in [0.25, 0.3) is 5.57 Å². The summed E-state index contributed by atoms with van der Waals surface area (Å²) in [6, 6.07) is 13.1. The summed E-state index contributed by atoms with van der Waals surface area (Å²) < 4.78 is 38.2. The maximum Gasteiger partial charge on any atom is 0.416 e. The van der Waals surface area contributed by atoms with E-state index in [4.69, 9.17) is 5.11 Å². The van der Waals surface area contributed by atoms with E-state index in [1.807, 2.05) is 6.07 Å². The van der Waals surface area contributed by atoms with Crippen LogP contribution >= 0.6 is 0 Å². The Hall–Kier alpha value is -3.33. The predicted molar refractivity (Wildman–Crippen MR) is 86.5 cm³/mol. The van der Waals surface area contributed by atoms with Crippen molar-refractivity contribution in [2.75, 3.05) is 0 Å². The zero-order chi connectivity index (χ0) is 18.4. The molecule has 6 heteroatoms. The van der Waals surface area contributed by atoms with Gasteiger partial charge >= 0.3 is 12.1 Å². The summed E-state index contributed by atoms with van der Waals surface area (Å²) in [5.74, 6) is -1.16. The predicted octanol–water partition coefficient (Wildman–Crippen LogP) is 4.65. The maximum absolute atomic E-state index is 12.7. The number of benzene rings is 2. The van der Waals surface area contributed by atoms with Gasteiger partial charge in [-0.05, 0) is 29.3 Å². The van der Waals surface area contributed by atoms with E-state index in [1.165, 1.54) is 24.3 Å². The molecule has 0 aliphatic heterocycles. The highest BCUT2D eigenvalue weighted by molar-refractivity contribution is 5.85. The number of carbonyl (C=O) groups is 1. The van der Waals surface area contributed by atoms with Crippen LogP contribution in [0.4, 0.5) is 13.2 Å². The van der Waals surface area contributed by atoms with Crippen molar-refractivity contribution in [3.63, 3.8) is 0 Å². The highest BCUT2D eigenvalue weighted by Gasteiger charge is 2.30. The van der Waals surface area contributed by atoms with E-state index in [0.717, 1.165) is 18.2 Å². The molecule has 0 heterocycles. The zero-order valence-corrected chi connectivity index (χ0v) is 12.8. The molecule has 0 amide bonds. The monoisotopic (exact) mass is 343 g/mol. The van der Waals surface area contributed by atoms with Crippen molar-refractivity contribution < 1.29 is 23.1 Å². The minimum atomic E-state index is -4.45. The first-order valence-corrected chi connectivity index (χ1v) is 7.11. The van der Waals surface area contributed by atoms with Gasteiger partial charge in [-0.1, -0.05) is 42.5 Å². The fourth-order valence-electron chi connectivity index (χ4n) is 2.22. The molecule has 1 N–H and O–H groups in total. The number of hydrogen-bond donors (Lipinski definition) is 1. The summed E-state index contributed by atoms with van der Waals surface area (Å²) in [6.45, 7) is 0. The molecule has 0 spiro atoms. The molecule has 0 aliphatic rings. The Kier molecular flexibility index (Phi) is 5.40. The number of nitrogens with zero attached hydrogens (tertiary/aromatic N) is 1. The van der Waals surface area contributed by atoms with Crippen molar-refractivity contribution in [1.29, 1.82) is 5.26 Å². The van der Waals surface area contributed by atoms with Crippen LogP contribution in [-0.4, -0.2) is 11.1 Å². The summed E-state index contributed by atoms with van der Waals surface area (Å²) in [6.07, 6.45) is -0.828. The van der Waals surface area contributed by atoms with Crippen LogP contribution in [0.1, 0.15) is 22.3 Å². The minimum absolute atomic E-state index is 0.331. The lowest BCUT2D eigenvalue weighted by Gasteiger charge is -2.12. The molecule has 2 rings (SSSR count). The van der Waals surface area contributed by atoms with Crippen LogP contribution in [0.3, 0.4) is 0 Å². The van der Waals surface area contributed by atoms with Crippen molar-refractivity contribution >= 4 is 11.5 Å². The van der Waals surface area contributed by atoms with Gasteiger partial charge in [0.15, 0.2) is 0 Å². The van der Waals surface area contributed by atoms with Gasteiger partial charge in [-0.15, -0.1) is 0 Å². The van der Waals surface area contributed by atoms with E-state index < -0.39 is 17.7 Å². The van der Waals surface area contributed by atoms with Gasteiger partial charge in [0, 0.05) is 11.6 Å². The van der Waals surface area contributed by atoms with Crippen LogP contribution in [0.2, 0.25) is 0 Å². The molecule has 0 bridgehead atoms. The van der Waals surface area contributed by atoms with Gasteiger partial charge in [0.1, 0.15) is 0 Å². The molecule has 0 saturated heterocycles. The van der Waals surface area contributed by atoms with Crippen LogP contribution in [-0.2, 0) is 11.0 Å². The summed E-state index contributed by atoms with van der Waals surface area (Å²) in [5.41, 5.74) is 0.927. The number of allylic oxidation sites excluding steroid dienone is 2. The van der Waals surface area contributed by atoms with E-state index >= 15 is 0 Å². The van der Waals surface area contributed by atoms with Crippen molar-refractivity contribution in [3.05, 3.63) is 89.0 Å². The molecule has 25 heavy (non-hydrogen) atoms. The highest BCUT2D eigenvalue weighted by atomic mass is 19.4. The van der Waals surface area contributed by atoms with Gasteiger partial charge in [-0.25, -0.2) is 4.79 Å². The molecular formula is C19H12F3NO2. The Balaban J connectivity index is 2.56. The van der Waals surface area contributed by atoms with Crippen LogP contribution in [0.5, 0.6) is 0 Å². The highest BCUT2D eigenvalue weighted by Crippen LogP contribution is 2.32.